The van der Waals surface area contributed by atoms with E-state index >= 15 is 0 Å². The predicted octanol–water partition coefficient (Wildman–Crippen LogP) is 2.50. The van der Waals surface area contributed by atoms with Crippen LogP contribution in [0.3, 0.4) is 0 Å². The zero-order valence-electron chi connectivity index (χ0n) is 9.38. The minimum atomic E-state index is 0.396. The van der Waals surface area contributed by atoms with Crippen LogP contribution in [0.4, 0.5) is 0 Å². The molecule has 2 N–H and O–H groups in total. The summed E-state index contributed by atoms with van der Waals surface area (Å²) < 4.78 is 0. The number of H-pyrrole nitrogens is 1. The van der Waals surface area contributed by atoms with Gasteiger partial charge in [0.1, 0.15) is 0 Å². The molecular weight excluding hydrogens is 174 g/mol. The van der Waals surface area contributed by atoms with E-state index < -0.39 is 0 Å². The summed E-state index contributed by atoms with van der Waals surface area (Å²) in [6.07, 6.45) is 6.39. The molecule has 3 heteroatoms. The fourth-order valence-electron chi connectivity index (χ4n) is 1.59. The lowest BCUT2D eigenvalue weighted by Crippen LogP contribution is -2.24. The normalized spacial score (nSPS) is 15.4. The van der Waals surface area contributed by atoms with Crippen LogP contribution in [0.5, 0.6) is 0 Å². The Balaban J connectivity index is 2.24. The van der Waals surface area contributed by atoms with Gasteiger partial charge in [-0.2, -0.15) is 5.10 Å². The monoisotopic (exact) mass is 195 g/mol. The number of aromatic nitrogens is 2. The molecule has 0 fully saturated rings. The standard InChI is InChI=1S/C11H21N3/c1-4-5-9(2)6-12-10(3)11-7-13-14-8-11/h7-10,12H,4-6H2,1-3H3,(H,13,14). The van der Waals surface area contributed by atoms with Gasteiger partial charge in [0.05, 0.1) is 6.20 Å². The Kier molecular flexibility index (Phi) is 4.66. The van der Waals surface area contributed by atoms with Crippen LogP contribution in [0.2, 0.25) is 0 Å². The summed E-state index contributed by atoms with van der Waals surface area (Å²) in [5, 5.41) is 10.3. The van der Waals surface area contributed by atoms with E-state index in [2.05, 4.69) is 36.3 Å². The molecule has 1 aromatic heterocycles. The van der Waals surface area contributed by atoms with E-state index in [1.54, 1.807) is 0 Å². The summed E-state index contributed by atoms with van der Waals surface area (Å²) in [6, 6.07) is 0.396. The smallest absolute Gasteiger partial charge is 0.0534 e. The second-order valence-corrected chi connectivity index (χ2v) is 4.06. The second-order valence-electron chi connectivity index (χ2n) is 4.06. The van der Waals surface area contributed by atoms with E-state index in [1.807, 2.05) is 12.4 Å². The van der Waals surface area contributed by atoms with Crippen molar-refractivity contribution in [3.63, 3.8) is 0 Å². The Morgan fingerprint density at radius 3 is 2.86 bits per heavy atom. The fraction of sp³-hybridized carbons (Fsp3) is 0.727. The van der Waals surface area contributed by atoms with Crippen molar-refractivity contribution in [3.8, 4) is 0 Å². The molecule has 0 spiro atoms. The number of rotatable bonds is 6. The van der Waals surface area contributed by atoms with Crippen molar-refractivity contribution in [2.45, 2.75) is 39.7 Å². The van der Waals surface area contributed by atoms with Crippen molar-refractivity contribution in [2.75, 3.05) is 6.54 Å². The molecule has 3 nitrogen and oxygen atoms in total. The van der Waals surface area contributed by atoms with Crippen LogP contribution < -0.4 is 5.32 Å². The van der Waals surface area contributed by atoms with E-state index in [9.17, 15) is 0 Å². The van der Waals surface area contributed by atoms with Gasteiger partial charge in [0.25, 0.3) is 0 Å². The molecule has 80 valence electrons. The van der Waals surface area contributed by atoms with Gasteiger partial charge in [0, 0.05) is 17.8 Å². The largest absolute Gasteiger partial charge is 0.310 e. The zero-order valence-corrected chi connectivity index (χ0v) is 9.38. The summed E-state index contributed by atoms with van der Waals surface area (Å²) in [7, 11) is 0. The Morgan fingerprint density at radius 1 is 1.50 bits per heavy atom. The molecule has 1 heterocycles. The number of nitrogens with one attached hydrogen (secondary N) is 2. The van der Waals surface area contributed by atoms with Crippen LogP contribution in [0, 0.1) is 5.92 Å². The predicted molar refractivity (Wildman–Crippen MR) is 59.1 cm³/mol. The third-order valence-corrected chi connectivity index (χ3v) is 2.57. The van der Waals surface area contributed by atoms with E-state index in [1.165, 1.54) is 18.4 Å². The molecule has 0 bridgehead atoms. The molecule has 2 atom stereocenters. The van der Waals surface area contributed by atoms with Crippen LogP contribution in [-0.2, 0) is 0 Å². The molecule has 0 saturated carbocycles. The average molecular weight is 195 g/mol. The lowest BCUT2D eigenvalue weighted by atomic mass is 10.1. The third kappa shape index (κ3) is 3.50. The first-order valence-electron chi connectivity index (χ1n) is 5.46. The van der Waals surface area contributed by atoms with Gasteiger partial charge in [0.15, 0.2) is 0 Å². The van der Waals surface area contributed by atoms with Gasteiger partial charge in [-0.25, -0.2) is 0 Å². The van der Waals surface area contributed by atoms with Gasteiger partial charge in [-0.3, -0.25) is 5.10 Å². The summed E-state index contributed by atoms with van der Waals surface area (Å²) in [4.78, 5) is 0. The number of nitrogens with zero attached hydrogens (tertiary/aromatic N) is 1. The summed E-state index contributed by atoms with van der Waals surface area (Å²) >= 11 is 0. The van der Waals surface area contributed by atoms with Gasteiger partial charge in [-0.15, -0.1) is 0 Å². The van der Waals surface area contributed by atoms with Crippen molar-refractivity contribution < 1.29 is 0 Å². The molecule has 0 aliphatic carbocycles. The highest BCUT2D eigenvalue weighted by Crippen LogP contribution is 2.11. The Bertz CT molecular complexity index is 231. The van der Waals surface area contributed by atoms with E-state index in [0.717, 1.165) is 12.5 Å². The Morgan fingerprint density at radius 2 is 2.29 bits per heavy atom. The van der Waals surface area contributed by atoms with Crippen LogP contribution in [0.25, 0.3) is 0 Å². The maximum Gasteiger partial charge on any atom is 0.0534 e. The third-order valence-electron chi connectivity index (χ3n) is 2.57. The molecule has 1 aromatic rings. The molecule has 2 unspecified atom stereocenters. The zero-order chi connectivity index (χ0) is 10.4. The maximum absolute atomic E-state index is 3.94. The van der Waals surface area contributed by atoms with Gasteiger partial charge in [0.2, 0.25) is 0 Å². The molecule has 0 aliphatic heterocycles. The first-order chi connectivity index (χ1) is 6.74. The molecule has 0 radical (unpaired) electrons. The quantitative estimate of drug-likeness (QED) is 0.732. The number of hydrogen-bond donors (Lipinski definition) is 2. The van der Waals surface area contributed by atoms with E-state index in [4.69, 9.17) is 0 Å². The molecule has 0 aromatic carbocycles. The maximum atomic E-state index is 3.94. The van der Waals surface area contributed by atoms with Crippen molar-refractivity contribution in [2.24, 2.45) is 5.92 Å². The van der Waals surface area contributed by atoms with E-state index in [-0.39, 0.29) is 0 Å². The van der Waals surface area contributed by atoms with Crippen LogP contribution in [0.1, 0.15) is 45.2 Å². The van der Waals surface area contributed by atoms with Gasteiger partial charge in [-0.05, 0) is 25.8 Å². The highest BCUT2D eigenvalue weighted by molar-refractivity contribution is 5.07. The first kappa shape index (κ1) is 11.2. The van der Waals surface area contributed by atoms with Crippen molar-refractivity contribution in [1.82, 2.24) is 15.5 Å². The van der Waals surface area contributed by atoms with Gasteiger partial charge < -0.3 is 5.32 Å². The van der Waals surface area contributed by atoms with Crippen LogP contribution >= 0.6 is 0 Å². The minimum Gasteiger partial charge on any atom is -0.310 e. The molecule has 0 aliphatic rings. The summed E-state index contributed by atoms with van der Waals surface area (Å²) in [5.41, 5.74) is 1.23. The Labute approximate surface area is 86.3 Å². The highest BCUT2D eigenvalue weighted by Gasteiger charge is 2.07. The molecular formula is C11H21N3. The Hall–Kier alpha value is -0.830. The second kappa shape index (κ2) is 5.81. The van der Waals surface area contributed by atoms with E-state index in [0.29, 0.717) is 6.04 Å². The molecule has 1 rings (SSSR count). The summed E-state index contributed by atoms with van der Waals surface area (Å²) in [6.45, 7) is 7.78. The number of aromatic amines is 1. The molecule has 0 saturated heterocycles. The first-order valence-corrected chi connectivity index (χ1v) is 5.46. The average Bonchev–Trinajstić information content (AvgIpc) is 2.67. The number of hydrogen-bond acceptors (Lipinski definition) is 2. The SMILES string of the molecule is CCCC(C)CNC(C)c1cn[nH]c1. The molecule has 0 amide bonds. The lowest BCUT2D eigenvalue weighted by molar-refractivity contribution is 0.444. The highest BCUT2D eigenvalue weighted by atomic mass is 15.1. The van der Waals surface area contributed by atoms with Gasteiger partial charge in [-0.1, -0.05) is 20.3 Å². The lowest BCUT2D eigenvalue weighted by Gasteiger charge is -2.16. The van der Waals surface area contributed by atoms with Crippen LogP contribution in [0.15, 0.2) is 12.4 Å². The topological polar surface area (TPSA) is 40.7 Å². The van der Waals surface area contributed by atoms with Gasteiger partial charge >= 0.3 is 0 Å². The van der Waals surface area contributed by atoms with Crippen molar-refractivity contribution in [3.05, 3.63) is 18.0 Å². The van der Waals surface area contributed by atoms with Crippen LogP contribution in [-0.4, -0.2) is 16.7 Å². The van der Waals surface area contributed by atoms with Crippen molar-refractivity contribution >= 4 is 0 Å². The minimum absolute atomic E-state index is 0.396. The summed E-state index contributed by atoms with van der Waals surface area (Å²) in [5.74, 6) is 0.759. The van der Waals surface area contributed by atoms with Crippen molar-refractivity contribution in [1.29, 1.82) is 0 Å². The fourth-order valence-corrected chi connectivity index (χ4v) is 1.59. The molecule has 14 heavy (non-hydrogen) atoms.